The molecule has 2 rings (SSSR count). The lowest BCUT2D eigenvalue weighted by Gasteiger charge is -2.05. The molecule has 0 spiro atoms. The zero-order valence-electron chi connectivity index (χ0n) is 6.82. The molecule has 0 bridgehead atoms. The first kappa shape index (κ1) is 7.72. The summed E-state index contributed by atoms with van der Waals surface area (Å²) in [5.74, 6) is -0.215. The summed E-state index contributed by atoms with van der Waals surface area (Å²) in [5, 5.41) is 0. The molecule has 0 atom stereocenters. The second-order valence-corrected chi connectivity index (χ2v) is 2.79. The zero-order valence-corrected chi connectivity index (χ0v) is 6.82. The van der Waals surface area contributed by atoms with Gasteiger partial charge in [-0.3, -0.25) is 4.79 Å². The standard InChI is InChI=1S/C8H8N4O/c9-7(13)4-1-2-5-6(3-4)12-8(10)11-5/h1,3H,2H2,(H2,9,13)(H2,10,12). The maximum Gasteiger partial charge on any atom is 0.248 e. The van der Waals surface area contributed by atoms with E-state index in [1.807, 2.05) is 0 Å². The minimum absolute atomic E-state index is 0.236. The number of hydrogen-bond acceptors (Lipinski definition) is 4. The second-order valence-electron chi connectivity index (χ2n) is 2.79. The lowest BCUT2D eigenvalue weighted by molar-refractivity contribution is -0.114. The summed E-state index contributed by atoms with van der Waals surface area (Å²) in [5.41, 5.74) is 12.4. The molecule has 0 aromatic rings. The van der Waals surface area contributed by atoms with Crippen LogP contribution in [-0.4, -0.2) is 17.6 Å². The number of fused-ring (bicyclic) bond motifs is 1. The Morgan fingerprint density at radius 1 is 1.46 bits per heavy atom. The van der Waals surface area contributed by atoms with Crippen LogP contribution in [0.2, 0.25) is 0 Å². The summed E-state index contributed by atoms with van der Waals surface area (Å²) >= 11 is 0. The highest BCUT2D eigenvalue weighted by molar-refractivity contribution is 6.15. The van der Waals surface area contributed by atoms with Crippen molar-refractivity contribution >= 4 is 17.6 Å². The van der Waals surface area contributed by atoms with Gasteiger partial charge >= 0.3 is 0 Å². The second kappa shape index (κ2) is 2.55. The number of nitrogens with two attached hydrogens (primary N) is 2. The van der Waals surface area contributed by atoms with Crippen molar-refractivity contribution in [3.05, 3.63) is 23.4 Å². The van der Waals surface area contributed by atoms with Gasteiger partial charge in [-0.2, -0.15) is 0 Å². The number of rotatable bonds is 1. The first-order valence-corrected chi connectivity index (χ1v) is 3.80. The van der Waals surface area contributed by atoms with E-state index in [1.165, 1.54) is 0 Å². The van der Waals surface area contributed by atoms with Gasteiger partial charge in [0.05, 0.1) is 11.4 Å². The monoisotopic (exact) mass is 176 g/mol. The number of allylic oxidation sites excluding steroid dienone is 2. The van der Waals surface area contributed by atoms with E-state index >= 15 is 0 Å². The van der Waals surface area contributed by atoms with Crippen molar-refractivity contribution in [2.24, 2.45) is 21.5 Å². The molecule has 66 valence electrons. The van der Waals surface area contributed by atoms with Crippen molar-refractivity contribution < 1.29 is 4.79 Å². The SMILES string of the molecule is NC(=O)C1=CCC2=NC(N)=NC2=C1. The lowest BCUT2D eigenvalue weighted by atomic mass is 10.0. The Balaban J connectivity index is 2.37. The van der Waals surface area contributed by atoms with Crippen LogP contribution in [0.25, 0.3) is 0 Å². The van der Waals surface area contributed by atoms with Crippen molar-refractivity contribution in [3.63, 3.8) is 0 Å². The topological polar surface area (TPSA) is 93.8 Å². The van der Waals surface area contributed by atoms with E-state index in [-0.39, 0.29) is 5.96 Å². The number of carbonyl (C=O) groups is 1. The van der Waals surface area contributed by atoms with Crippen LogP contribution in [-0.2, 0) is 4.79 Å². The Kier molecular flexibility index (Phi) is 1.51. The van der Waals surface area contributed by atoms with Crippen molar-refractivity contribution in [2.45, 2.75) is 6.42 Å². The van der Waals surface area contributed by atoms with Crippen LogP contribution in [0.5, 0.6) is 0 Å². The Morgan fingerprint density at radius 3 is 2.92 bits per heavy atom. The highest BCUT2D eigenvalue weighted by Gasteiger charge is 2.19. The molecule has 5 heteroatoms. The molecular weight excluding hydrogens is 168 g/mol. The number of guanidine groups is 1. The normalized spacial score (nSPS) is 19.7. The van der Waals surface area contributed by atoms with Crippen molar-refractivity contribution in [3.8, 4) is 0 Å². The van der Waals surface area contributed by atoms with Gasteiger partial charge in [-0.25, -0.2) is 9.98 Å². The van der Waals surface area contributed by atoms with Crippen LogP contribution in [0.1, 0.15) is 6.42 Å². The Morgan fingerprint density at radius 2 is 2.23 bits per heavy atom. The number of amides is 1. The fourth-order valence-corrected chi connectivity index (χ4v) is 1.26. The molecule has 0 saturated carbocycles. The number of nitrogens with zero attached hydrogens (tertiary/aromatic N) is 2. The van der Waals surface area contributed by atoms with Gasteiger partial charge in [-0.1, -0.05) is 6.08 Å². The van der Waals surface area contributed by atoms with Gasteiger partial charge in [0.25, 0.3) is 0 Å². The minimum atomic E-state index is -0.452. The highest BCUT2D eigenvalue weighted by atomic mass is 16.1. The summed E-state index contributed by atoms with van der Waals surface area (Å²) < 4.78 is 0. The van der Waals surface area contributed by atoms with Crippen molar-refractivity contribution in [2.75, 3.05) is 0 Å². The third-order valence-corrected chi connectivity index (χ3v) is 1.87. The van der Waals surface area contributed by atoms with E-state index < -0.39 is 5.91 Å². The maximum atomic E-state index is 10.8. The molecule has 0 fully saturated rings. The van der Waals surface area contributed by atoms with Gasteiger partial charge in [0.1, 0.15) is 0 Å². The van der Waals surface area contributed by atoms with Crippen LogP contribution in [0.15, 0.2) is 33.4 Å². The average molecular weight is 176 g/mol. The Bertz CT molecular complexity index is 400. The third-order valence-electron chi connectivity index (χ3n) is 1.87. The highest BCUT2D eigenvalue weighted by Crippen LogP contribution is 2.19. The van der Waals surface area contributed by atoms with Crippen LogP contribution in [0.4, 0.5) is 0 Å². The molecule has 0 aromatic heterocycles. The van der Waals surface area contributed by atoms with Crippen LogP contribution >= 0.6 is 0 Å². The fourth-order valence-electron chi connectivity index (χ4n) is 1.26. The number of aliphatic imine (C=N–C) groups is 2. The summed E-state index contributed by atoms with van der Waals surface area (Å²) in [4.78, 5) is 18.7. The zero-order chi connectivity index (χ0) is 9.42. The fraction of sp³-hybridized carbons (Fsp3) is 0.125. The number of carbonyl (C=O) groups excluding carboxylic acids is 1. The summed E-state index contributed by atoms with van der Waals surface area (Å²) in [6.07, 6.45) is 3.89. The van der Waals surface area contributed by atoms with E-state index in [4.69, 9.17) is 11.5 Å². The molecule has 0 radical (unpaired) electrons. The van der Waals surface area contributed by atoms with E-state index in [0.29, 0.717) is 17.7 Å². The molecule has 5 nitrogen and oxygen atoms in total. The van der Waals surface area contributed by atoms with E-state index in [1.54, 1.807) is 12.2 Å². The summed E-state index contributed by atoms with van der Waals surface area (Å²) in [6.45, 7) is 0. The molecule has 0 aromatic carbocycles. The van der Waals surface area contributed by atoms with E-state index in [0.717, 1.165) is 5.71 Å². The Labute approximate surface area is 74.5 Å². The lowest BCUT2D eigenvalue weighted by Crippen LogP contribution is -2.16. The largest absolute Gasteiger partial charge is 0.368 e. The molecule has 0 saturated heterocycles. The summed E-state index contributed by atoms with van der Waals surface area (Å²) in [7, 11) is 0. The van der Waals surface area contributed by atoms with Gasteiger partial charge in [0.2, 0.25) is 11.9 Å². The van der Waals surface area contributed by atoms with Crippen LogP contribution < -0.4 is 11.5 Å². The number of primary amides is 1. The van der Waals surface area contributed by atoms with Gasteiger partial charge in [0, 0.05) is 12.0 Å². The van der Waals surface area contributed by atoms with Gasteiger partial charge in [-0.05, 0) is 6.08 Å². The molecule has 13 heavy (non-hydrogen) atoms. The molecular formula is C8H8N4O. The first-order valence-electron chi connectivity index (χ1n) is 3.80. The smallest absolute Gasteiger partial charge is 0.248 e. The third kappa shape index (κ3) is 1.24. The first-order chi connectivity index (χ1) is 6.16. The quantitative estimate of drug-likeness (QED) is 0.561. The molecule has 2 aliphatic rings. The van der Waals surface area contributed by atoms with Gasteiger partial charge in [-0.15, -0.1) is 0 Å². The average Bonchev–Trinajstić information content (AvgIpc) is 2.42. The minimum Gasteiger partial charge on any atom is -0.368 e. The van der Waals surface area contributed by atoms with E-state index in [2.05, 4.69) is 9.98 Å². The van der Waals surface area contributed by atoms with Gasteiger partial charge in [0.15, 0.2) is 0 Å². The molecule has 1 aliphatic carbocycles. The van der Waals surface area contributed by atoms with Crippen molar-refractivity contribution in [1.29, 1.82) is 0 Å². The molecule has 1 heterocycles. The predicted molar refractivity (Wildman–Crippen MR) is 49.0 cm³/mol. The molecule has 0 unspecified atom stereocenters. The predicted octanol–water partition coefficient (Wildman–Crippen LogP) is -0.545. The molecule has 4 N–H and O–H groups in total. The van der Waals surface area contributed by atoms with Crippen LogP contribution in [0.3, 0.4) is 0 Å². The number of hydrogen-bond donors (Lipinski definition) is 2. The van der Waals surface area contributed by atoms with Gasteiger partial charge < -0.3 is 11.5 Å². The van der Waals surface area contributed by atoms with Crippen LogP contribution in [0, 0.1) is 0 Å². The maximum absolute atomic E-state index is 10.8. The van der Waals surface area contributed by atoms with E-state index in [9.17, 15) is 4.79 Å². The van der Waals surface area contributed by atoms with Crippen molar-refractivity contribution in [1.82, 2.24) is 0 Å². The molecule has 1 aliphatic heterocycles. The molecule has 1 amide bonds. The Hall–Kier alpha value is -1.91. The summed E-state index contributed by atoms with van der Waals surface area (Å²) in [6, 6.07) is 0.